The highest BCUT2D eigenvalue weighted by molar-refractivity contribution is 5.33. The van der Waals surface area contributed by atoms with Crippen LogP contribution in [0, 0.1) is 5.92 Å². The van der Waals surface area contributed by atoms with E-state index < -0.39 is 0 Å². The fraction of sp³-hybridized carbons (Fsp3) is 0.467. The van der Waals surface area contributed by atoms with Crippen molar-refractivity contribution in [3.63, 3.8) is 0 Å². The lowest BCUT2D eigenvalue weighted by atomic mass is 9.87. The lowest BCUT2D eigenvalue weighted by Gasteiger charge is -2.24. The molecule has 17 heavy (non-hydrogen) atoms. The summed E-state index contributed by atoms with van der Waals surface area (Å²) in [6.07, 6.45) is 2.03. The molecule has 2 nitrogen and oxygen atoms in total. The van der Waals surface area contributed by atoms with E-state index in [1.807, 2.05) is 18.2 Å². The van der Waals surface area contributed by atoms with Crippen molar-refractivity contribution in [2.24, 2.45) is 5.92 Å². The molecule has 0 aliphatic carbocycles. The van der Waals surface area contributed by atoms with Gasteiger partial charge in [-0.25, -0.2) is 0 Å². The first kappa shape index (κ1) is 13.8. The Morgan fingerprint density at radius 2 is 2.12 bits per heavy atom. The summed E-state index contributed by atoms with van der Waals surface area (Å²) in [5.74, 6) is 1.81. The Morgan fingerprint density at radius 1 is 1.41 bits per heavy atom. The largest absolute Gasteiger partial charge is 0.497 e. The normalized spacial score (nSPS) is 14.4. The summed E-state index contributed by atoms with van der Waals surface area (Å²) in [7, 11) is 5.90. The molecule has 0 amide bonds. The van der Waals surface area contributed by atoms with E-state index in [4.69, 9.17) is 4.74 Å². The van der Waals surface area contributed by atoms with Crippen molar-refractivity contribution in [1.82, 2.24) is 4.90 Å². The van der Waals surface area contributed by atoms with Gasteiger partial charge in [0, 0.05) is 12.5 Å². The van der Waals surface area contributed by atoms with Gasteiger partial charge in [-0.3, -0.25) is 0 Å². The number of hydrogen-bond donors (Lipinski definition) is 0. The molecule has 0 fully saturated rings. The predicted molar refractivity (Wildman–Crippen MR) is 73.7 cm³/mol. The Balaban J connectivity index is 2.88. The van der Waals surface area contributed by atoms with Gasteiger partial charge in [-0.1, -0.05) is 25.1 Å². The van der Waals surface area contributed by atoms with Crippen LogP contribution in [0.3, 0.4) is 0 Å². The van der Waals surface area contributed by atoms with Crippen molar-refractivity contribution in [3.8, 4) is 5.75 Å². The summed E-state index contributed by atoms with van der Waals surface area (Å²) < 4.78 is 5.27. The Morgan fingerprint density at radius 3 is 2.65 bits per heavy atom. The standard InChI is InChI=1S/C15H23NO/c1-6-15(12(2)11-16(3)4)13-8-7-9-14(10-13)17-5/h6-10,12,15H,1,11H2,2-5H3/t12-,15?/m1/s1. The van der Waals surface area contributed by atoms with Gasteiger partial charge in [-0.15, -0.1) is 6.58 Å². The highest BCUT2D eigenvalue weighted by Gasteiger charge is 2.17. The molecule has 0 saturated carbocycles. The van der Waals surface area contributed by atoms with Gasteiger partial charge in [0.1, 0.15) is 5.75 Å². The zero-order valence-corrected chi connectivity index (χ0v) is 11.3. The van der Waals surface area contributed by atoms with E-state index in [-0.39, 0.29) is 0 Å². The summed E-state index contributed by atoms with van der Waals surface area (Å²) >= 11 is 0. The molecule has 1 aromatic rings. The third-order valence-corrected chi connectivity index (χ3v) is 3.00. The van der Waals surface area contributed by atoms with Gasteiger partial charge in [0.15, 0.2) is 0 Å². The second-order valence-corrected chi connectivity index (χ2v) is 4.78. The molecule has 94 valence electrons. The molecule has 2 atom stereocenters. The number of benzene rings is 1. The fourth-order valence-electron chi connectivity index (χ4n) is 2.24. The number of methoxy groups -OCH3 is 1. The first-order valence-electron chi connectivity index (χ1n) is 5.99. The van der Waals surface area contributed by atoms with Crippen LogP contribution in [0.4, 0.5) is 0 Å². The van der Waals surface area contributed by atoms with Crippen molar-refractivity contribution in [1.29, 1.82) is 0 Å². The van der Waals surface area contributed by atoms with Gasteiger partial charge < -0.3 is 9.64 Å². The van der Waals surface area contributed by atoms with Gasteiger partial charge >= 0.3 is 0 Å². The van der Waals surface area contributed by atoms with E-state index in [0.717, 1.165) is 12.3 Å². The second kappa shape index (κ2) is 6.45. The van der Waals surface area contributed by atoms with E-state index in [1.165, 1.54) is 5.56 Å². The molecule has 0 aliphatic rings. The van der Waals surface area contributed by atoms with Gasteiger partial charge in [0.25, 0.3) is 0 Å². The van der Waals surface area contributed by atoms with Crippen molar-refractivity contribution < 1.29 is 4.74 Å². The summed E-state index contributed by atoms with van der Waals surface area (Å²) in [5.41, 5.74) is 1.27. The van der Waals surface area contributed by atoms with Gasteiger partial charge in [0.2, 0.25) is 0 Å². The van der Waals surface area contributed by atoms with Crippen LogP contribution in [0.25, 0.3) is 0 Å². The van der Waals surface area contributed by atoms with Crippen LogP contribution in [0.2, 0.25) is 0 Å². The lowest BCUT2D eigenvalue weighted by molar-refractivity contribution is 0.323. The quantitative estimate of drug-likeness (QED) is 0.700. The van der Waals surface area contributed by atoms with Crippen molar-refractivity contribution in [3.05, 3.63) is 42.5 Å². The SMILES string of the molecule is C=CC(c1cccc(OC)c1)[C@H](C)CN(C)C. The molecule has 0 saturated heterocycles. The summed E-state index contributed by atoms with van der Waals surface area (Å²) in [6, 6.07) is 8.24. The fourth-order valence-corrected chi connectivity index (χ4v) is 2.24. The minimum Gasteiger partial charge on any atom is -0.497 e. The van der Waals surface area contributed by atoms with Crippen molar-refractivity contribution >= 4 is 0 Å². The maximum atomic E-state index is 5.27. The number of ether oxygens (including phenoxy) is 1. The third kappa shape index (κ3) is 3.90. The Hall–Kier alpha value is -1.28. The summed E-state index contributed by atoms with van der Waals surface area (Å²) in [6.45, 7) is 7.27. The Labute approximate surface area is 105 Å². The molecule has 0 radical (unpaired) electrons. The molecule has 0 spiro atoms. The smallest absolute Gasteiger partial charge is 0.119 e. The molecule has 0 aliphatic heterocycles. The van der Waals surface area contributed by atoms with E-state index >= 15 is 0 Å². The second-order valence-electron chi connectivity index (χ2n) is 4.78. The molecule has 2 heteroatoms. The molecular weight excluding hydrogens is 210 g/mol. The van der Waals surface area contributed by atoms with Crippen LogP contribution in [-0.2, 0) is 0 Å². The molecule has 0 heterocycles. The first-order valence-corrected chi connectivity index (χ1v) is 5.99. The number of nitrogens with zero attached hydrogens (tertiary/aromatic N) is 1. The molecular formula is C15H23NO. The monoisotopic (exact) mass is 233 g/mol. The molecule has 0 N–H and O–H groups in total. The summed E-state index contributed by atoms with van der Waals surface area (Å²) in [5, 5.41) is 0. The summed E-state index contributed by atoms with van der Waals surface area (Å²) in [4.78, 5) is 2.21. The van der Waals surface area contributed by atoms with Crippen LogP contribution in [0.5, 0.6) is 5.75 Å². The average Bonchev–Trinajstić information content (AvgIpc) is 2.29. The van der Waals surface area contributed by atoms with E-state index in [2.05, 4.69) is 44.6 Å². The molecule has 1 rings (SSSR count). The highest BCUT2D eigenvalue weighted by Crippen LogP contribution is 2.28. The minimum absolute atomic E-state index is 0.368. The predicted octanol–water partition coefficient (Wildman–Crippen LogP) is 3.16. The number of allylic oxidation sites excluding steroid dienone is 1. The van der Waals surface area contributed by atoms with Crippen molar-refractivity contribution in [2.45, 2.75) is 12.8 Å². The number of hydrogen-bond acceptors (Lipinski definition) is 2. The van der Waals surface area contributed by atoms with E-state index in [1.54, 1.807) is 7.11 Å². The Kier molecular flexibility index (Phi) is 5.23. The molecule has 0 bridgehead atoms. The highest BCUT2D eigenvalue weighted by atomic mass is 16.5. The maximum Gasteiger partial charge on any atom is 0.119 e. The molecule has 1 aromatic carbocycles. The topological polar surface area (TPSA) is 12.5 Å². The molecule has 1 unspecified atom stereocenters. The van der Waals surface area contributed by atoms with Gasteiger partial charge in [-0.05, 0) is 37.7 Å². The van der Waals surface area contributed by atoms with Crippen LogP contribution in [-0.4, -0.2) is 32.6 Å². The Bertz CT molecular complexity index is 360. The van der Waals surface area contributed by atoms with Gasteiger partial charge in [-0.2, -0.15) is 0 Å². The third-order valence-electron chi connectivity index (χ3n) is 3.00. The minimum atomic E-state index is 0.368. The van der Waals surface area contributed by atoms with Crippen LogP contribution >= 0.6 is 0 Å². The van der Waals surface area contributed by atoms with E-state index in [9.17, 15) is 0 Å². The van der Waals surface area contributed by atoms with Crippen LogP contribution < -0.4 is 4.74 Å². The zero-order valence-electron chi connectivity index (χ0n) is 11.3. The first-order chi connectivity index (χ1) is 8.08. The van der Waals surface area contributed by atoms with E-state index in [0.29, 0.717) is 11.8 Å². The maximum absolute atomic E-state index is 5.27. The average molecular weight is 233 g/mol. The van der Waals surface area contributed by atoms with Crippen LogP contribution in [0.15, 0.2) is 36.9 Å². The van der Waals surface area contributed by atoms with Crippen LogP contribution in [0.1, 0.15) is 18.4 Å². The molecule has 0 aromatic heterocycles. The van der Waals surface area contributed by atoms with Gasteiger partial charge in [0.05, 0.1) is 7.11 Å². The van der Waals surface area contributed by atoms with Crippen molar-refractivity contribution in [2.75, 3.05) is 27.7 Å². The lowest BCUT2D eigenvalue weighted by Crippen LogP contribution is -2.23. The number of rotatable bonds is 6. The zero-order chi connectivity index (χ0) is 12.8.